The number of nitrogens with zero attached hydrogens (tertiary/aromatic N) is 2. The molecular weight excluding hydrogens is 200 g/mol. The van der Waals surface area contributed by atoms with E-state index in [0.717, 1.165) is 12.8 Å². The van der Waals surface area contributed by atoms with E-state index in [1.807, 2.05) is 18.7 Å². The van der Waals surface area contributed by atoms with Crippen molar-refractivity contribution in [2.24, 2.45) is 11.8 Å². The number of hydrogen-bond donors (Lipinski definition) is 0. The molecule has 2 rings (SSSR count). The molecule has 0 radical (unpaired) electrons. The second kappa shape index (κ2) is 6.52. The van der Waals surface area contributed by atoms with Crippen LogP contribution in [-0.4, -0.2) is 23.9 Å². The van der Waals surface area contributed by atoms with Crippen molar-refractivity contribution in [3.05, 3.63) is 0 Å². The van der Waals surface area contributed by atoms with E-state index in [2.05, 4.69) is 6.07 Å². The van der Waals surface area contributed by atoms with Gasteiger partial charge in [-0.3, -0.25) is 4.79 Å². The van der Waals surface area contributed by atoms with E-state index in [1.165, 1.54) is 19.3 Å². The van der Waals surface area contributed by atoms with Crippen molar-refractivity contribution in [1.82, 2.24) is 4.90 Å². The Morgan fingerprint density at radius 3 is 2.25 bits per heavy atom. The number of nitriles is 1. The molecule has 2 fully saturated rings. The lowest BCUT2D eigenvalue weighted by atomic mass is 9.87. The summed E-state index contributed by atoms with van der Waals surface area (Å²) in [7, 11) is 0. The van der Waals surface area contributed by atoms with Gasteiger partial charge in [0.1, 0.15) is 0 Å². The summed E-state index contributed by atoms with van der Waals surface area (Å²) >= 11 is 0. The van der Waals surface area contributed by atoms with Crippen LogP contribution >= 0.6 is 0 Å². The largest absolute Gasteiger partial charge is 0.340 e. The molecular formula is C13H22N2O. The SMILES string of the molecule is CC.N#CC1CN(C(=O)C2CCCCC2)C1. The predicted molar refractivity (Wildman–Crippen MR) is 63.6 cm³/mol. The van der Waals surface area contributed by atoms with E-state index < -0.39 is 0 Å². The summed E-state index contributed by atoms with van der Waals surface area (Å²) in [6.45, 7) is 5.34. The van der Waals surface area contributed by atoms with Gasteiger partial charge in [-0.1, -0.05) is 33.1 Å². The molecule has 1 saturated carbocycles. The summed E-state index contributed by atoms with van der Waals surface area (Å²) in [4.78, 5) is 13.7. The van der Waals surface area contributed by atoms with Gasteiger partial charge in [0.15, 0.2) is 0 Å². The van der Waals surface area contributed by atoms with E-state index in [9.17, 15) is 4.79 Å². The Balaban J connectivity index is 0.000000606. The highest BCUT2D eigenvalue weighted by Gasteiger charge is 2.34. The van der Waals surface area contributed by atoms with Gasteiger partial charge in [0.25, 0.3) is 0 Å². The third kappa shape index (κ3) is 2.98. The first-order chi connectivity index (χ1) is 7.81. The number of rotatable bonds is 1. The number of hydrogen-bond acceptors (Lipinski definition) is 2. The Hall–Kier alpha value is -1.04. The molecule has 0 aromatic carbocycles. The molecule has 1 aliphatic heterocycles. The first-order valence-electron chi connectivity index (χ1n) is 6.49. The number of likely N-dealkylation sites (tertiary alicyclic amines) is 1. The number of carbonyl (C=O) groups excluding carboxylic acids is 1. The molecule has 0 aromatic rings. The van der Waals surface area contributed by atoms with Gasteiger partial charge in [0.05, 0.1) is 12.0 Å². The van der Waals surface area contributed by atoms with Crippen molar-refractivity contribution in [2.45, 2.75) is 46.0 Å². The average Bonchev–Trinajstić information content (AvgIpc) is 2.31. The molecule has 1 amide bonds. The van der Waals surface area contributed by atoms with Crippen LogP contribution in [0.4, 0.5) is 0 Å². The molecule has 0 spiro atoms. The topological polar surface area (TPSA) is 44.1 Å². The lowest BCUT2D eigenvalue weighted by Crippen LogP contribution is -2.51. The summed E-state index contributed by atoms with van der Waals surface area (Å²) in [5, 5.41) is 8.61. The molecule has 1 saturated heterocycles. The monoisotopic (exact) mass is 222 g/mol. The molecule has 90 valence electrons. The van der Waals surface area contributed by atoms with Crippen LogP contribution in [0.25, 0.3) is 0 Å². The second-order valence-electron chi connectivity index (χ2n) is 4.40. The smallest absolute Gasteiger partial charge is 0.225 e. The minimum atomic E-state index is 0.0996. The number of amides is 1. The summed E-state index contributed by atoms with van der Waals surface area (Å²) in [6.07, 6.45) is 5.81. The Morgan fingerprint density at radius 2 is 1.75 bits per heavy atom. The van der Waals surface area contributed by atoms with E-state index in [4.69, 9.17) is 5.26 Å². The van der Waals surface area contributed by atoms with Crippen LogP contribution in [0, 0.1) is 23.2 Å². The third-order valence-electron chi connectivity index (χ3n) is 3.33. The zero-order valence-corrected chi connectivity index (χ0v) is 10.4. The molecule has 1 heterocycles. The fraction of sp³-hybridized carbons (Fsp3) is 0.846. The van der Waals surface area contributed by atoms with Crippen LogP contribution in [-0.2, 0) is 4.79 Å². The Labute approximate surface area is 98.4 Å². The summed E-state index contributed by atoms with van der Waals surface area (Å²) in [5.41, 5.74) is 0. The summed E-state index contributed by atoms with van der Waals surface area (Å²) in [5.74, 6) is 0.669. The highest BCUT2D eigenvalue weighted by Crippen LogP contribution is 2.27. The number of carbonyl (C=O) groups is 1. The van der Waals surface area contributed by atoms with Gasteiger partial charge in [-0.2, -0.15) is 5.26 Å². The molecule has 0 aromatic heterocycles. The van der Waals surface area contributed by atoms with Crippen LogP contribution in [0.2, 0.25) is 0 Å². The maximum absolute atomic E-state index is 11.9. The molecule has 1 aliphatic carbocycles. The molecule has 3 nitrogen and oxygen atoms in total. The molecule has 0 bridgehead atoms. The third-order valence-corrected chi connectivity index (χ3v) is 3.33. The van der Waals surface area contributed by atoms with Crippen molar-refractivity contribution in [3.63, 3.8) is 0 Å². The molecule has 2 aliphatic rings. The van der Waals surface area contributed by atoms with E-state index in [-0.39, 0.29) is 11.8 Å². The first kappa shape index (κ1) is 13.0. The van der Waals surface area contributed by atoms with Gasteiger partial charge >= 0.3 is 0 Å². The van der Waals surface area contributed by atoms with E-state index >= 15 is 0 Å². The van der Waals surface area contributed by atoms with Gasteiger partial charge in [-0.05, 0) is 12.8 Å². The highest BCUT2D eigenvalue weighted by molar-refractivity contribution is 5.79. The standard InChI is InChI=1S/C11H16N2O.C2H6/c12-6-9-7-13(8-9)11(14)10-4-2-1-3-5-10;1-2/h9-10H,1-5,7-8H2;1-2H3. The van der Waals surface area contributed by atoms with Crippen molar-refractivity contribution in [3.8, 4) is 6.07 Å². The van der Waals surface area contributed by atoms with Crippen molar-refractivity contribution in [1.29, 1.82) is 5.26 Å². The minimum Gasteiger partial charge on any atom is -0.340 e. The fourth-order valence-corrected chi connectivity index (χ4v) is 2.35. The van der Waals surface area contributed by atoms with Crippen molar-refractivity contribution in [2.75, 3.05) is 13.1 Å². The van der Waals surface area contributed by atoms with Crippen LogP contribution in [0.5, 0.6) is 0 Å². The quantitative estimate of drug-likeness (QED) is 0.684. The molecule has 16 heavy (non-hydrogen) atoms. The molecule has 0 N–H and O–H groups in total. The molecule has 0 unspecified atom stereocenters. The van der Waals surface area contributed by atoms with Gasteiger partial charge in [-0.25, -0.2) is 0 Å². The van der Waals surface area contributed by atoms with Gasteiger partial charge in [0, 0.05) is 19.0 Å². The van der Waals surface area contributed by atoms with E-state index in [0.29, 0.717) is 19.0 Å². The predicted octanol–water partition coefficient (Wildman–Crippen LogP) is 2.57. The Kier molecular flexibility index (Phi) is 5.31. The summed E-state index contributed by atoms with van der Waals surface area (Å²) < 4.78 is 0. The fourth-order valence-electron chi connectivity index (χ4n) is 2.35. The van der Waals surface area contributed by atoms with Gasteiger partial charge in [0.2, 0.25) is 5.91 Å². The Morgan fingerprint density at radius 1 is 1.19 bits per heavy atom. The lowest BCUT2D eigenvalue weighted by Gasteiger charge is -2.38. The van der Waals surface area contributed by atoms with E-state index in [1.54, 1.807) is 0 Å². The average molecular weight is 222 g/mol. The van der Waals surface area contributed by atoms with Crippen LogP contribution in [0.3, 0.4) is 0 Å². The van der Waals surface area contributed by atoms with Crippen LogP contribution in [0.15, 0.2) is 0 Å². The minimum absolute atomic E-state index is 0.0996. The lowest BCUT2D eigenvalue weighted by molar-refractivity contribution is -0.141. The van der Waals surface area contributed by atoms with Crippen molar-refractivity contribution >= 4 is 5.91 Å². The molecule has 0 atom stereocenters. The van der Waals surface area contributed by atoms with Gasteiger partial charge < -0.3 is 4.90 Å². The first-order valence-corrected chi connectivity index (χ1v) is 6.49. The Bertz CT molecular complexity index is 258. The molecule has 3 heteroatoms. The normalized spacial score (nSPS) is 21.4. The second-order valence-corrected chi connectivity index (χ2v) is 4.40. The maximum Gasteiger partial charge on any atom is 0.225 e. The van der Waals surface area contributed by atoms with Crippen molar-refractivity contribution < 1.29 is 4.79 Å². The van der Waals surface area contributed by atoms with Gasteiger partial charge in [-0.15, -0.1) is 0 Å². The van der Waals surface area contributed by atoms with Crippen LogP contribution in [0.1, 0.15) is 46.0 Å². The summed E-state index contributed by atoms with van der Waals surface area (Å²) in [6, 6.07) is 2.20. The zero-order valence-electron chi connectivity index (χ0n) is 10.4. The maximum atomic E-state index is 11.9. The highest BCUT2D eigenvalue weighted by atomic mass is 16.2. The zero-order chi connectivity index (χ0) is 12.0. The van der Waals surface area contributed by atoms with Crippen LogP contribution < -0.4 is 0 Å².